The quantitative estimate of drug-likeness (QED) is 0.748. The summed E-state index contributed by atoms with van der Waals surface area (Å²) >= 11 is 0. The van der Waals surface area contributed by atoms with Crippen molar-refractivity contribution in [1.82, 2.24) is 15.5 Å². The maximum absolute atomic E-state index is 12.3. The minimum atomic E-state index is -0.142. The molecule has 0 saturated carbocycles. The number of nitrogens with one attached hydrogen (secondary N) is 2. The Balaban J connectivity index is 1.52. The number of urea groups is 1. The lowest BCUT2D eigenvalue weighted by molar-refractivity contribution is 0.220. The summed E-state index contributed by atoms with van der Waals surface area (Å²) in [6, 6.07) is 18.3. The highest BCUT2D eigenvalue weighted by Gasteiger charge is 2.23. The minimum Gasteiger partial charge on any atom is -0.494 e. The van der Waals surface area contributed by atoms with Gasteiger partial charge in [0.1, 0.15) is 5.75 Å². The van der Waals surface area contributed by atoms with Crippen molar-refractivity contribution in [3.63, 3.8) is 0 Å². The topological polar surface area (TPSA) is 53.6 Å². The number of carbonyl (C=O) groups excluding carboxylic acids is 1. The largest absolute Gasteiger partial charge is 0.494 e. The second kappa shape index (κ2) is 9.97. The zero-order valence-electron chi connectivity index (χ0n) is 16.0. The van der Waals surface area contributed by atoms with E-state index in [9.17, 15) is 4.79 Å². The summed E-state index contributed by atoms with van der Waals surface area (Å²) in [5.41, 5.74) is 2.28. The SMILES string of the molecule is CCOc1cccc(CNC(=O)NCC(c2ccccc2)N2CCCC2)c1. The highest BCUT2D eigenvalue weighted by Crippen LogP contribution is 2.24. The van der Waals surface area contributed by atoms with Gasteiger partial charge >= 0.3 is 6.03 Å². The molecule has 144 valence electrons. The number of hydrogen-bond acceptors (Lipinski definition) is 3. The van der Waals surface area contributed by atoms with Crippen LogP contribution in [0.5, 0.6) is 5.75 Å². The van der Waals surface area contributed by atoms with Crippen LogP contribution < -0.4 is 15.4 Å². The van der Waals surface area contributed by atoms with Crippen LogP contribution in [0.4, 0.5) is 4.79 Å². The van der Waals surface area contributed by atoms with Crippen molar-refractivity contribution in [2.45, 2.75) is 32.4 Å². The average Bonchev–Trinajstić information content (AvgIpc) is 3.22. The molecule has 2 N–H and O–H groups in total. The third-order valence-corrected chi connectivity index (χ3v) is 4.88. The van der Waals surface area contributed by atoms with Crippen molar-refractivity contribution >= 4 is 6.03 Å². The van der Waals surface area contributed by atoms with Gasteiger partial charge in [-0.1, -0.05) is 42.5 Å². The van der Waals surface area contributed by atoms with Gasteiger partial charge in [-0.3, -0.25) is 4.90 Å². The maximum Gasteiger partial charge on any atom is 0.315 e. The molecule has 2 aromatic rings. The van der Waals surface area contributed by atoms with E-state index >= 15 is 0 Å². The summed E-state index contributed by atoms with van der Waals surface area (Å²) < 4.78 is 5.50. The molecule has 1 aliphatic rings. The summed E-state index contributed by atoms with van der Waals surface area (Å²) in [6.45, 7) is 5.86. The van der Waals surface area contributed by atoms with E-state index in [1.54, 1.807) is 0 Å². The molecule has 0 aliphatic carbocycles. The molecule has 2 amide bonds. The molecule has 5 heteroatoms. The molecule has 27 heavy (non-hydrogen) atoms. The van der Waals surface area contributed by atoms with E-state index in [-0.39, 0.29) is 12.1 Å². The van der Waals surface area contributed by atoms with Crippen LogP contribution in [-0.4, -0.2) is 37.2 Å². The Labute approximate surface area is 161 Å². The Morgan fingerprint density at radius 1 is 1.07 bits per heavy atom. The van der Waals surface area contributed by atoms with E-state index in [2.05, 4.69) is 39.8 Å². The molecule has 1 saturated heterocycles. The van der Waals surface area contributed by atoms with Gasteiger partial charge in [0.15, 0.2) is 0 Å². The third-order valence-electron chi connectivity index (χ3n) is 4.88. The molecule has 0 radical (unpaired) electrons. The van der Waals surface area contributed by atoms with Gasteiger partial charge in [0.25, 0.3) is 0 Å². The highest BCUT2D eigenvalue weighted by molar-refractivity contribution is 5.73. The van der Waals surface area contributed by atoms with Crippen LogP contribution in [0.2, 0.25) is 0 Å². The van der Waals surface area contributed by atoms with Gasteiger partial charge in [0.2, 0.25) is 0 Å². The lowest BCUT2D eigenvalue weighted by Gasteiger charge is -2.28. The summed E-state index contributed by atoms with van der Waals surface area (Å²) in [4.78, 5) is 14.8. The summed E-state index contributed by atoms with van der Waals surface area (Å²) in [7, 11) is 0. The van der Waals surface area contributed by atoms with Crippen molar-refractivity contribution in [3.8, 4) is 5.75 Å². The normalized spacial score (nSPS) is 15.3. The number of rotatable bonds is 8. The van der Waals surface area contributed by atoms with Gasteiger partial charge in [-0.25, -0.2) is 4.79 Å². The second-order valence-electron chi connectivity index (χ2n) is 6.81. The predicted molar refractivity (Wildman–Crippen MR) is 108 cm³/mol. The molecular weight excluding hydrogens is 338 g/mol. The molecule has 3 rings (SSSR count). The maximum atomic E-state index is 12.3. The number of ether oxygens (including phenoxy) is 1. The summed E-state index contributed by atoms with van der Waals surface area (Å²) in [5.74, 6) is 0.829. The molecule has 1 atom stereocenters. The second-order valence-corrected chi connectivity index (χ2v) is 6.81. The van der Waals surface area contributed by atoms with Crippen molar-refractivity contribution in [3.05, 3.63) is 65.7 Å². The zero-order valence-corrected chi connectivity index (χ0v) is 16.0. The molecule has 1 unspecified atom stereocenters. The van der Waals surface area contributed by atoms with E-state index in [1.165, 1.54) is 18.4 Å². The van der Waals surface area contributed by atoms with Crippen LogP contribution >= 0.6 is 0 Å². The highest BCUT2D eigenvalue weighted by atomic mass is 16.5. The molecule has 1 fully saturated rings. The molecule has 0 spiro atoms. The standard InChI is InChI=1S/C22H29N3O2/c1-2-27-20-12-8-9-18(15-20)16-23-22(26)24-17-21(25-13-6-7-14-25)19-10-4-3-5-11-19/h3-5,8-12,15,21H,2,6-7,13-14,16-17H2,1H3,(H2,23,24,26). The molecule has 0 bridgehead atoms. The van der Waals surface area contributed by atoms with Crippen molar-refractivity contribution in [2.24, 2.45) is 0 Å². The fourth-order valence-corrected chi connectivity index (χ4v) is 3.53. The summed E-state index contributed by atoms with van der Waals surface area (Å²) in [6.07, 6.45) is 2.46. The fraction of sp³-hybridized carbons (Fsp3) is 0.409. The molecule has 5 nitrogen and oxygen atoms in total. The molecular formula is C22H29N3O2. The van der Waals surface area contributed by atoms with Crippen LogP contribution in [0.3, 0.4) is 0 Å². The predicted octanol–water partition coefficient (Wildman–Crippen LogP) is 3.72. The van der Waals surface area contributed by atoms with Gasteiger partial charge in [-0.15, -0.1) is 0 Å². The van der Waals surface area contributed by atoms with E-state index < -0.39 is 0 Å². The third kappa shape index (κ3) is 5.73. The van der Waals surface area contributed by atoms with E-state index in [4.69, 9.17) is 4.74 Å². The Bertz CT molecular complexity index is 715. The first-order valence-corrected chi connectivity index (χ1v) is 9.78. The molecule has 1 heterocycles. The number of carbonyl (C=O) groups is 1. The van der Waals surface area contributed by atoms with Gasteiger partial charge in [0, 0.05) is 13.1 Å². The number of hydrogen-bond donors (Lipinski definition) is 2. The van der Waals surface area contributed by atoms with E-state index in [0.29, 0.717) is 19.7 Å². The van der Waals surface area contributed by atoms with Crippen LogP contribution in [0, 0.1) is 0 Å². The lowest BCUT2D eigenvalue weighted by Crippen LogP contribution is -2.41. The van der Waals surface area contributed by atoms with Crippen LogP contribution in [0.25, 0.3) is 0 Å². The monoisotopic (exact) mass is 367 g/mol. The van der Waals surface area contributed by atoms with Crippen molar-refractivity contribution < 1.29 is 9.53 Å². The Morgan fingerprint density at radius 3 is 2.59 bits per heavy atom. The van der Waals surface area contributed by atoms with Crippen molar-refractivity contribution in [1.29, 1.82) is 0 Å². The zero-order chi connectivity index (χ0) is 18.9. The first-order valence-electron chi connectivity index (χ1n) is 9.78. The van der Waals surface area contributed by atoms with Crippen LogP contribution in [0.1, 0.15) is 36.9 Å². The molecule has 2 aromatic carbocycles. The number of nitrogens with zero attached hydrogens (tertiary/aromatic N) is 1. The van der Waals surface area contributed by atoms with Crippen LogP contribution in [-0.2, 0) is 6.54 Å². The smallest absolute Gasteiger partial charge is 0.315 e. The van der Waals surface area contributed by atoms with E-state index in [1.807, 2.05) is 37.3 Å². The Hall–Kier alpha value is -2.53. The fourth-order valence-electron chi connectivity index (χ4n) is 3.53. The van der Waals surface area contributed by atoms with Gasteiger partial charge in [-0.05, 0) is 56.1 Å². The average molecular weight is 367 g/mol. The first-order chi connectivity index (χ1) is 13.3. The molecule has 1 aliphatic heterocycles. The number of amides is 2. The number of benzene rings is 2. The van der Waals surface area contributed by atoms with Crippen molar-refractivity contribution in [2.75, 3.05) is 26.2 Å². The van der Waals surface area contributed by atoms with Gasteiger partial charge < -0.3 is 15.4 Å². The Morgan fingerprint density at radius 2 is 1.85 bits per heavy atom. The van der Waals surface area contributed by atoms with E-state index in [0.717, 1.165) is 24.4 Å². The lowest BCUT2D eigenvalue weighted by atomic mass is 10.1. The van der Waals surface area contributed by atoms with Gasteiger partial charge in [0.05, 0.1) is 12.6 Å². The Kier molecular flexibility index (Phi) is 7.11. The van der Waals surface area contributed by atoms with Gasteiger partial charge in [-0.2, -0.15) is 0 Å². The first kappa shape index (κ1) is 19.2. The number of likely N-dealkylation sites (tertiary alicyclic amines) is 1. The summed E-state index contributed by atoms with van der Waals surface area (Å²) in [5, 5.41) is 5.99. The molecule has 0 aromatic heterocycles. The van der Waals surface area contributed by atoms with Crippen LogP contribution in [0.15, 0.2) is 54.6 Å². The minimum absolute atomic E-state index is 0.142.